The third-order valence-electron chi connectivity index (χ3n) is 6.36. The van der Waals surface area contributed by atoms with E-state index in [1.807, 2.05) is 0 Å². The minimum atomic E-state index is 0.704. The predicted octanol–water partition coefficient (Wildman–Crippen LogP) is 6.42. The van der Waals surface area contributed by atoms with E-state index in [4.69, 9.17) is 4.74 Å². The molecule has 0 unspecified atom stereocenters. The maximum Gasteiger partial charge on any atom is 0.119 e. The second kappa shape index (κ2) is 11.8. The van der Waals surface area contributed by atoms with Gasteiger partial charge < -0.3 is 4.74 Å². The van der Waals surface area contributed by atoms with E-state index in [-0.39, 0.29) is 0 Å². The van der Waals surface area contributed by atoms with Crippen LogP contribution < -0.4 is 4.74 Å². The molecule has 0 radical (unpaired) electrons. The van der Waals surface area contributed by atoms with Crippen LogP contribution in [-0.4, -0.2) is 49.8 Å². The van der Waals surface area contributed by atoms with Crippen molar-refractivity contribution in [3.63, 3.8) is 0 Å². The lowest BCUT2D eigenvalue weighted by Gasteiger charge is -2.23. The molecule has 0 bridgehead atoms. The molecule has 3 nitrogen and oxygen atoms in total. The van der Waals surface area contributed by atoms with Crippen molar-refractivity contribution in [1.29, 1.82) is 0 Å². The smallest absolute Gasteiger partial charge is 0.119 e. The van der Waals surface area contributed by atoms with Crippen LogP contribution in [0.4, 0.5) is 0 Å². The molecule has 0 aliphatic carbocycles. The first-order valence-electron chi connectivity index (χ1n) is 12.2. The lowest BCUT2D eigenvalue weighted by atomic mass is 9.88. The molecule has 3 aromatic rings. The summed E-state index contributed by atoms with van der Waals surface area (Å²) in [5, 5.41) is 0. The van der Waals surface area contributed by atoms with Gasteiger partial charge in [-0.1, -0.05) is 79.7 Å². The fraction of sp³-hybridized carbons (Fsp3) is 0.333. The number of likely N-dealkylation sites (tertiary alicyclic amines) is 1. The van der Waals surface area contributed by atoms with Gasteiger partial charge in [-0.05, 0) is 79.4 Å². The Bertz CT molecular complexity index is 1010. The normalized spacial score (nSPS) is 15.0. The van der Waals surface area contributed by atoms with Crippen LogP contribution in [0.1, 0.15) is 42.9 Å². The van der Waals surface area contributed by atoms with Gasteiger partial charge in [-0.2, -0.15) is 0 Å². The molecule has 33 heavy (non-hydrogen) atoms. The molecule has 0 amide bonds. The molecular weight excluding hydrogens is 404 g/mol. The summed E-state index contributed by atoms with van der Waals surface area (Å²) < 4.78 is 6.08. The van der Waals surface area contributed by atoms with Gasteiger partial charge in [-0.15, -0.1) is 0 Å². The summed E-state index contributed by atoms with van der Waals surface area (Å²) in [5.41, 5.74) is 6.40. The zero-order chi connectivity index (χ0) is 22.9. The lowest BCUT2D eigenvalue weighted by Crippen LogP contribution is -2.35. The molecule has 0 aromatic heterocycles. The molecule has 1 heterocycles. The second-order valence-corrected chi connectivity index (χ2v) is 8.86. The third-order valence-corrected chi connectivity index (χ3v) is 6.36. The third kappa shape index (κ3) is 6.34. The first kappa shape index (κ1) is 23.3. The zero-order valence-corrected chi connectivity index (χ0v) is 20.0. The molecule has 1 saturated heterocycles. The highest BCUT2D eigenvalue weighted by Crippen LogP contribution is 2.34. The van der Waals surface area contributed by atoms with Crippen molar-refractivity contribution in [2.24, 2.45) is 0 Å². The number of ether oxygens (including phenoxy) is 1. The maximum absolute atomic E-state index is 6.08. The molecule has 0 saturated carbocycles. The van der Waals surface area contributed by atoms with Gasteiger partial charge in [0, 0.05) is 6.54 Å². The summed E-state index contributed by atoms with van der Waals surface area (Å²) >= 11 is 0. The summed E-state index contributed by atoms with van der Waals surface area (Å²) in [5.74, 6) is 0.929. The van der Waals surface area contributed by atoms with E-state index in [9.17, 15) is 0 Å². The lowest BCUT2D eigenvalue weighted by molar-refractivity contribution is 0.157. The van der Waals surface area contributed by atoms with Crippen LogP contribution in [0.15, 0.2) is 84.9 Å². The monoisotopic (exact) mass is 440 g/mol. The van der Waals surface area contributed by atoms with Crippen LogP contribution in [0.2, 0.25) is 0 Å². The van der Waals surface area contributed by atoms with Gasteiger partial charge in [0.1, 0.15) is 12.4 Å². The summed E-state index contributed by atoms with van der Waals surface area (Å²) in [6.07, 6.45) is 3.64. The van der Waals surface area contributed by atoms with Gasteiger partial charge in [0.2, 0.25) is 0 Å². The van der Waals surface area contributed by atoms with Gasteiger partial charge in [-0.25, -0.2) is 0 Å². The second-order valence-electron chi connectivity index (χ2n) is 8.86. The van der Waals surface area contributed by atoms with Crippen LogP contribution in [0.5, 0.6) is 5.75 Å². The van der Waals surface area contributed by atoms with Gasteiger partial charge in [0.15, 0.2) is 0 Å². The van der Waals surface area contributed by atoms with Gasteiger partial charge in [0.25, 0.3) is 0 Å². The van der Waals surface area contributed by atoms with Crippen molar-refractivity contribution < 1.29 is 4.74 Å². The standard InChI is InChI=1S/C30H36N2O/c1-3-29(25-12-6-4-7-13-25)30(26-14-8-5-9-15-26)27-16-18-28(19-17-27)33-23-22-31(2)24-32-20-10-11-21-32/h4-9,12-19H,3,10-11,20-24H2,1-2H3. The largest absolute Gasteiger partial charge is 0.492 e. The van der Waals surface area contributed by atoms with E-state index < -0.39 is 0 Å². The SMILES string of the molecule is CCC(=C(c1ccccc1)c1ccc(OCCN(C)CN2CCCC2)cc1)c1ccccc1. The molecule has 1 aliphatic heterocycles. The Kier molecular flexibility index (Phi) is 8.35. The molecule has 4 rings (SSSR count). The molecule has 0 spiro atoms. The fourth-order valence-corrected chi connectivity index (χ4v) is 4.66. The van der Waals surface area contributed by atoms with Crippen molar-refractivity contribution in [3.05, 3.63) is 102 Å². The Hall–Kier alpha value is -2.88. The van der Waals surface area contributed by atoms with E-state index >= 15 is 0 Å². The molecule has 1 aliphatic rings. The van der Waals surface area contributed by atoms with Gasteiger partial charge >= 0.3 is 0 Å². The average Bonchev–Trinajstić information content (AvgIpc) is 3.37. The van der Waals surface area contributed by atoms with Gasteiger partial charge in [0.05, 0.1) is 6.67 Å². The van der Waals surface area contributed by atoms with Crippen LogP contribution >= 0.6 is 0 Å². The average molecular weight is 441 g/mol. The Labute approximate surface area is 199 Å². The zero-order valence-electron chi connectivity index (χ0n) is 20.0. The van der Waals surface area contributed by atoms with Crippen molar-refractivity contribution in [1.82, 2.24) is 9.80 Å². The highest BCUT2D eigenvalue weighted by Gasteiger charge is 2.14. The number of likely N-dealkylation sites (N-methyl/N-ethyl adjacent to an activating group) is 1. The Balaban J connectivity index is 1.49. The quantitative estimate of drug-likeness (QED) is 0.338. The number of allylic oxidation sites excluding steroid dienone is 1. The topological polar surface area (TPSA) is 15.7 Å². The predicted molar refractivity (Wildman–Crippen MR) is 139 cm³/mol. The number of nitrogens with zero attached hydrogens (tertiary/aromatic N) is 2. The van der Waals surface area contributed by atoms with Crippen LogP contribution in [0.3, 0.4) is 0 Å². The highest BCUT2D eigenvalue weighted by atomic mass is 16.5. The van der Waals surface area contributed by atoms with Crippen LogP contribution in [0, 0.1) is 0 Å². The summed E-state index contributed by atoms with van der Waals surface area (Å²) in [7, 11) is 2.18. The molecular formula is C30H36N2O. The van der Waals surface area contributed by atoms with E-state index in [2.05, 4.69) is 109 Å². The van der Waals surface area contributed by atoms with Crippen molar-refractivity contribution in [2.45, 2.75) is 26.2 Å². The van der Waals surface area contributed by atoms with E-state index in [0.717, 1.165) is 25.4 Å². The van der Waals surface area contributed by atoms with E-state index in [1.165, 1.54) is 53.8 Å². The fourth-order valence-electron chi connectivity index (χ4n) is 4.66. The molecule has 0 N–H and O–H groups in total. The minimum Gasteiger partial charge on any atom is -0.492 e. The minimum absolute atomic E-state index is 0.704. The van der Waals surface area contributed by atoms with Crippen molar-refractivity contribution in [2.75, 3.05) is 40.0 Å². The first-order chi connectivity index (χ1) is 16.2. The summed E-state index contributed by atoms with van der Waals surface area (Å²) in [6, 6.07) is 30.0. The summed E-state index contributed by atoms with van der Waals surface area (Å²) in [6.45, 7) is 7.37. The van der Waals surface area contributed by atoms with Crippen molar-refractivity contribution in [3.8, 4) is 5.75 Å². The number of hydrogen-bond donors (Lipinski definition) is 0. The van der Waals surface area contributed by atoms with Gasteiger partial charge in [-0.3, -0.25) is 9.80 Å². The maximum atomic E-state index is 6.08. The molecule has 172 valence electrons. The number of hydrogen-bond acceptors (Lipinski definition) is 3. The van der Waals surface area contributed by atoms with E-state index in [0.29, 0.717) is 6.61 Å². The number of rotatable bonds is 10. The summed E-state index contributed by atoms with van der Waals surface area (Å²) in [4.78, 5) is 4.87. The van der Waals surface area contributed by atoms with E-state index in [1.54, 1.807) is 0 Å². The van der Waals surface area contributed by atoms with Crippen LogP contribution in [-0.2, 0) is 0 Å². The molecule has 0 atom stereocenters. The molecule has 3 heteroatoms. The Morgan fingerprint density at radius 1 is 0.788 bits per heavy atom. The Morgan fingerprint density at radius 2 is 1.36 bits per heavy atom. The first-order valence-corrected chi connectivity index (χ1v) is 12.2. The molecule has 1 fully saturated rings. The number of benzene rings is 3. The molecule has 3 aromatic carbocycles. The highest BCUT2D eigenvalue weighted by molar-refractivity contribution is 5.98. The van der Waals surface area contributed by atoms with Crippen molar-refractivity contribution >= 4 is 11.1 Å². The Morgan fingerprint density at radius 3 is 1.97 bits per heavy atom. The van der Waals surface area contributed by atoms with Crippen LogP contribution in [0.25, 0.3) is 11.1 Å².